The summed E-state index contributed by atoms with van der Waals surface area (Å²) in [6, 6.07) is 8.85. The molecule has 126 valence electrons. The normalized spacial score (nSPS) is 29.1. The highest BCUT2D eigenvalue weighted by Crippen LogP contribution is 2.59. The Morgan fingerprint density at radius 2 is 2.04 bits per heavy atom. The lowest BCUT2D eigenvalue weighted by atomic mass is 9.63. The van der Waals surface area contributed by atoms with Crippen molar-refractivity contribution in [3.05, 3.63) is 35.4 Å². The van der Waals surface area contributed by atoms with E-state index in [0.717, 1.165) is 32.3 Å². The minimum Gasteiger partial charge on any atom is -0.373 e. The Morgan fingerprint density at radius 3 is 2.83 bits per heavy atom. The van der Waals surface area contributed by atoms with Crippen LogP contribution in [0.15, 0.2) is 24.3 Å². The molecule has 2 heteroatoms. The van der Waals surface area contributed by atoms with E-state index in [1.54, 1.807) is 0 Å². The van der Waals surface area contributed by atoms with Gasteiger partial charge in [0.25, 0.3) is 0 Å². The molecule has 3 rings (SSSR count). The second-order valence-corrected chi connectivity index (χ2v) is 7.26. The molecule has 0 aromatic heterocycles. The maximum Gasteiger partial charge on any atom is 0.132 e. The Labute approximate surface area is 140 Å². The lowest BCUT2D eigenvalue weighted by Crippen LogP contribution is -2.37. The van der Waals surface area contributed by atoms with Gasteiger partial charge in [-0.3, -0.25) is 4.79 Å². The predicted molar refractivity (Wildman–Crippen MR) is 93.6 cm³/mol. The number of hydrogen-bond donors (Lipinski definition) is 0. The highest BCUT2D eigenvalue weighted by Gasteiger charge is 2.52. The number of Topliss-reactive ketones (excluding diaryl/α,β-unsaturated/α-hetero) is 1. The molecule has 1 aromatic carbocycles. The Hall–Kier alpha value is -1.15. The van der Waals surface area contributed by atoms with Crippen LogP contribution in [0.5, 0.6) is 0 Å². The first-order valence-electron chi connectivity index (χ1n) is 9.45. The van der Waals surface area contributed by atoms with Gasteiger partial charge in [-0.15, -0.1) is 0 Å². The van der Waals surface area contributed by atoms with Crippen molar-refractivity contribution in [2.75, 3.05) is 6.61 Å². The summed E-state index contributed by atoms with van der Waals surface area (Å²) in [7, 11) is 0. The van der Waals surface area contributed by atoms with Crippen LogP contribution in [-0.2, 0) is 14.9 Å². The maximum absolute atomic E-state index is 12.2. The number of rotatable bonds is 7. The van der Waals surface area contributed by atoms with Gasteiger partial charge in [-0.05, 0) is 49.7 Å². The zero-order valence-corrected chi connectivity index (χ0v) is 14.6. The molecule has 3 atom stereocenters. The monoisotopic (exact) mass is 314 g/mol. The SMILES string of the molecule is CCCC(=O)CC[C@@]12CCCC[C@@H]1[C@H](OCC)c1ccccc12. The summed E-state index contributed by atoms with van der Waals surface area (Å²) >= 11 is 0. The molecule has 0 aliphatic heterocycles. The van der Waals surface area contributed by atoms with E-state index in [1.807, 2.05) is 0 Å². The molecule has 0 saturated heterocycles. The summed E-state index contributed by atoms with van der Waals surface area (Å²) in [5.74, 6) is 0.992. The number of hydrogen-bond acceptors (Lipinski definition) is 2. The Balaban J connectivity index is 1.92. The topological polar surface area (TPSA) is 26.3 Å². The van der Waals surface area contributed by atoms with Crippen LogP contribution in [0.25, 0.3) is 0 Å². The predicted octanol–water partition coefficient (Wildman–Crippen LogP) is 5.36. The Bertz CT molecular complexity index is 551. The zero-order chi connectivity index (χ0) is 16.3. The molecule has 0 bridgehead atoms. The summed E-state index contributed by atoms with van der Waals surface area (Å²) in [5.41, 5.74) is 3.05. The van der Waals surface area contributed by atoms with Crippen LogP contribution in [0, 0.1) is 5.92 Å². The standard InChI is InChI=1S/C21H30O2/c1-3-9-16(22)13-15-21-14-8-7-12-19(21)20(23-4-2)17-10-5-6-11-18(17)21/h5-6,10-11,19-20H,3-4,7-9,12-15H2,1-2H3/t19-,20-,21-/m1/s1. The number of carbonyl (C=O) groups is 1. The van der Waals surface area contributed by atoms with E-state index >= 15 is 0 Å². The zero-order valence-electron chi connectivity index (χ0n) is 14.6. The van der Waals surface area contributed by atoms with Crippen LogP contribution in [-0.4, -0.2) is 12.4 Å². The first-order chi connectivity index (χ1) is 11.2. The van der Waals surface area contributed by atoms with Crippen LogP contribution >= 0.6 is 0 Å². The average Bonchev–Trinajstić information content (AvgIpc) is 2.85. The van der Waals surface area contributed by atoms with Gasteiger partial charge < -0.3 is 4.74 Å². The number of ketones is 1. The second kappa shape index (κ2) is 7.17. The molecule has 0 unspecified atom stereocenters. The van der Waals surface area contributed by atoms with Crippen LogP contribution < -0.4 is 0 Å². The van der Waals surface area contributed by atoms with Crippen molar-refractivity contribution < 1.29 is 9.53 Å². The minimum absolute atomic E-state index is 0.179. The third kappa shape index (κ3) is 2.98. The molecule has 1 saturated carbocycles. The van der Waals surface area contributed by atoms with E-state index in [9.17, 15) is 4.79 Å². The van der Waals surface area contributed by atoms with Gasteiger partial charge in [0.05, 0.1) is 6.10 Å². The van der Waals surface area contributed by atoms with Crippen molar-refractivity contribution in [1.29, 1.82) is 0 Å². The van der Waals surface area contributed by atoms with Gasteiger partial charge in [0, 0.05) is 24.9 Å². The van der Waals surface area contributed by atoms with Crippen LogP contribution in [0.2, 0.25) is 0 Å². The van der Waals surface area contributed by atoms with E-state index in [4.69, 9.17) is 4.74 Å². The molecule has 0 amide bonds. The van der Waals surface area contributed by atoms with Crippen molar-refractivity contribution in [3.8, 4) is 0 Å². The van der Waals surface area contributed by atoms with Gasteiger partial charge in [0.2, 0.25) is 0 Å². The van der Waals surface area contributed by atoms with Crippen molar-refractivity contribution in [2.45, 2.75) is 76.7 Å². The maximum atomic E-state index is 12.2. The summed E-state index contributed by atoms with van der Waals surface area (Å²) in [4.78, 5) is 12.2. The van der Waals surface area contributed by atoms with Gasteiger partial charge in [-0.25, -0.2) is 0 Å². The van der Waals surface area contributed by atoms with Crippen molar-refractivity contribution in [1.82, 2.24) is 0 Å². The first kappa shape index (κ1) is 16.7. The number of ether oxygens (including phenoxy) is 1. The van der Waals surface area contributed by atoms with E-state index in [-0.39, 0.29) is 11.5 Å². The lowest BCUT2D eigenvalue weighted by Gasteiger charge is -2.42. The van der Waals surface area contributed by atoms with Gasteiger partial charge >= 0.3 is 0 Å². The van der Waals surface area contributed by atoms with Gasteiger partial charge in [0.1, 0.15) is 5.78 Å². The van der Waals surface area contributed by atoms with E-state index in [2.05, 4.69) is 38.1 Å². The van der Waals surface area contributed by atoms with E-state index < -0.39 is 0 Å². The average molecular weight is 314 g/mol. The second-order valence-electron chi connectivity index (χ2n) is 7.26. The third-order valence-corrected chi connectivity index (χ3v) is 5.99. The van der Waals surface area contributed by atoms with Gasteiger partial charge in [0.15, 0.2) is 0 Å². The van der Waals surface area contributed by atoms with Crippen molar-refractivity contribution in [3.63, 3.8) is 0 Å². The molecule has 0 spiro atoms. The fraction of sp³-hybridized carbons (Fsp3) is 0.667. The smallest absolute Gasteiger partial charge is 0.132 e. The molecule has 1 fully saturated rings. The molecule has 2 aliphatic rings. The minimum atomic E-state index is 0.179. The Morgan fingerprint density at radius 1 is 1.22 bits per heavy atom. The molecule has 0 heterocycles. The lowest BCUT2D eigenvalue weighted by molar-refractivity contribution is -0.119. The van der Waals surface area contributed by atoms with E-state index in [0.29, 0.717) is 11.7 Å². The van der Waals surface area contributed by atoms with E-state index in [1.165, 1.54) is 36.8 Å². The highest BCUT2D eigenvalue weighted by atomic mass is 16.5. The molecule has 2 nitrogen and oxygen atoms in total. The quantitative estimate of drug-likeness (QED) is 0.677. The molecular formula is C21H30O2. The summed E-state index contributed by atoms with van der Waals surface area (Å²) in [5, 5.41) is 0. The summed E-state index contributed by atoms with van der Waals surface area (Å²) in [6.07, 6.45) is 8.72. The Kier molecular flexibility index (Phi) is 5.21. The van der Waals surface area contributed by atoms with Crippen LogP contribution in [0.1, 0.15) is 82.4 Å². The van der Waals surface area contributed by atoms with Gasteiger partial charge in [-0.1, -0.05) is 44.0 Å². The van der Waals surface area contributed by atoms with Crippen molar-refractivity contribution >= 4 is 5.78 Å². The fourth-order valence-electron chi connectivity index (χ4n) is 5.05. The fourth-order valence-corrected chi connectivity index (χ4v) is 5.05. The van der Waals surface area contributed by atoms with Crippen LogP contribution in [0.4, 0.5) is 0 Å². The highest BCUT2D eigenvalue weighted by molar-refractivity contribution is 5.78. The molecule has 0 N–H and O–H groups in total. The number of benzene rings is 1. The molecule has 0 radical (unpaired) electrons. The summed E-state index contributed by atoms with van der Waals surface area (Å²) in [6.45, 7) is 4.95. The molecular weight excluding hydrogens is 284 g/mol. The third-order valence-electron chi connectivity index (χ3n) is 5.99. The molecule has 2 aliphatic carbocycles. The number of fused-ring (bicyclic) bond motifs is 3. The number of carbonyl (C=O) groups excluding carboxylic acids is 1. The van der Waals surface area contributed by atoms with Gasteiger partial charge in [-0.2, -0.15) is 0 Å². The molecule has 23 heavy (non-hydrogen) atoms. The van der Waals surface area contributed by atoms with Crippen LogP contribution in [0.3, 0.4) is 0 Å². The first-order valence-corrected chi connectivity index (χ1v) is 9.45. The van der Waals surface area contributed by atoms with Crippen molar-refractivity contribution in [2.24, 2.45) is 5.92 Å². The largest absolute Gasteiger partial charge is 0.373 e. The molecule has 1 aromatic rings. The summed E-state index contributed by atoms with van der Waals surface area (Å²) < 4.78 is 6.19.